The lowest BCUT2D eigenvalue weighted by Crippen LogP contribution is -2.48. The molecule has 1 atom stereocenters. The number of amides is 1. The van der Waals surface area contributed by atoms with Gasteiger partial charge in [-0.05, 0) is 43.5 Å². The van der Waals surface area contributed by atoms with Crippen LogP contribution in [0.1, 0.15) is 19.3 Å². The molecule has 1 N–H and O–H groups in total. The predicted octanol–water partition coefficient (Wildman–Crippen LogP) is 2.69. The van der Waals surface area contributed by atoms with Crippen LogP contribution in [0.25, 0.3) is 0 Å². The van der Waals surface area contributed by atoms with E-state index in [0.29, 0.717) is 12.8 Å². The van der Waals surface area contributed by atoms with Gasteiger partial charge in [0.05, 0.1) is 4.90 Å². The van der Waals surface area contributed by atoms with Gasteiger partial charge in [0.1, 0.15) is 6.04 Å². The van der Waals surface area contributed by atoms with E-state index in [-0.39, 0.29) is 23.5 Å². The molecule has 3 rings (SSSR count). The number of benzene rings is 2. The van der Waals surface area contributed by atoms with Gasteiger partial charge in [-0.2, -0.15) is 4.31 Å². The van der Waals surface area contributed by atoms with Crippen molar-refractivity contribution in [3.63, 3.8) is 0 Å². The van der Waals surface area contributed by atoms with Gasteiger partial charge in [-0.15, -0.1) is 0 Å². The number of halogens is 2. The highest BCUT2D eigenvalue weighted by Gasteiger charge is 2.38. The Balaban J connectivity index is 1.64. The van der Waals surface area contributed by atoms with Gasteiger partial charge < -0.3 is 10.1 Å². The van der Waals surface area contributed by atoms with E-state index in [1.165, 1.54) is 12.1 Å². The molecule has 1 saturated heterocycles. The van der Waals surface area contributed by atoms with Gasteiger partial charge in [0.2, 0.25) is 10.0 Å². The topological polar surface area (TPSA) is 92.8 Å². The minimum absolute atomic E-state index is 0.000831. The molecular formula is C20H20F2N2O5S. The summed E-state index contributed by atoms with van der Waals surface area (Å²) in [6, 6.07) is 9.53. The molecule has 0 spiro atoms. The average Bonchev–Trinajstić information content (AvgIpc) is 2.75. The number of rotatable bonds is 6. The monoisotopic (exact) mass is 438 g/mol. The van der Waals surface area contributed by atoms with Gasteiger partial charge in [-0.1, -0.05) is 18.2 Å². The first-order chi connectivity index (χ1) is 14.3. The molecule has 2 aromatic rings. The zero-order valence-electron chi connectivity index (χ0n) is 15.9. The maximum atomic E-state index is 13.2. The van der Waals surface area contributed by atoms with Gasteiger partial charge >= 0.3 is 5.97 Å². The Morgan fingerprint density at radius 3 is 2.50 bits per heavy atom. The van der Waals surface area contributed by atoms with Crippen LogP contribution >= 0.6 is 0 Å². The van der Waals surface area contributed by atoms with Crippen molar-refractivity contribution in [2.75, 3.05) is 18.5 Å². The highest BCUT2D eigenvalue weighted by atomic mass is 32.2. The molecule has 1 heterocycles. The van der Waals surface area contributed by atoms with Crippen LogP contribution in [0.15, 0.2) is 53.4 Å². The summed E-state index contributed by atoms with van der Waals surface area (Å²) in [5.41, 5.74) is 0.000831. The van der Waals surface area contributed by atoms with E-state index in [2.05, 4.69) is 5.32 Å². The second kappa shape index (κ2) is 9.31. The van der Waals surface area contributed by atoms with E-state index >= 15 is 0 Å². The standard InChI is InChI=1S/C20H20F2N2O5S/c21-16-10-9-14(12-17(16)22)23-19(25)13-29-20(26)18-8-4-5-11-24(18)30(27,28)15-6-2-1-3-7-15/h1-3,6-7,9-10,12,18H,4-5,8,11,13H2,(H,23,25). The predicted molar refractivity (Wildman–Crippen MR) is 104 cm³/mol. The highest BCUT2D eigenvalue weighted by Crippen LogP contribution is 2.26. The number of anilines is 1. The summed E-state index contributed by atoms with van der Waals surface area (Å²) >= 11 is 0. The van der Waals surface area contributed by atoms with E-state index < -0.39 is 46.2 Å². The summed E-state index contributed by atoms with van der Waals surface area (Å²) in [6.45, 7) is -0.522. The first-order valence-corrected chi connectivity index (χ1v) is 10.7. The minimum Gasteiger partial charge on any atom is -0.454 e. The third kappa shape index (κ3) is 5.00. The number of carbonyl (C=O) groups excluding carboxylic acids is 2. The molecule has 0 radical (unpaired) electrons. The third-order valence-electron chi connectivity index (χ3n) is 4.62. The molecule has 7 nitrogen and oxygen atoms in total. The normalized spacial score (nSPS) is 17.3. The number of hydrogen-bond donors (Lipinski definition) is 1. The average molecular weight is 438 g/mol. The lowest BCUT2D eigenvalue weighted by molar-refractivity contribution is -0.152. The fourth-order valence-electron chi connectivity index (χ4n) is 3.16. The van der Waals surface area contributed by atoms with Gasteiger partial charge in [-0.25, -0.2) is 17.2 Å². The zero-order valence-corrected chi connectivity index (χ0v) is 16.7. The van der Waals surface area contributed by atoms with E-state index in [9.17, 15) is 26.8 Å². The fourth-order valence-corrected chi connectivity index (χ4v) is 4.83. The molecule has 30 heavy (non-hydrogen) atoms. The van der Waals surface area contributed by atoms with Crippen LogP contribution in [0.2, 0.25) is 0 Å². The molecule has 1 aliphatic rings. The van der Waals surface area contributed by atoms with E-state index in [1.807, 2.05) is 0 Å². The number of nitrogens with one attached hydrogen (secondary N) is 1. The molecule has 0 aromatic heterocycles. The molecular weight excluding hydrogens is 418 g/mol. The first kappa shape index (κ1) is 21.8. The van der Waals surface area contributed by atoms with Crippen molar-refractivity contribution in [3.8, 4) is 0 Å². The molecule has 160 valence electrons. The summed E-state index contributed by atoms with van der Waals surface area (Å²) in [6.07, 6.45) is 1.52. The first-order valence-electron chi connectivity index (χ1n) is 9.27. The molecule has 0 bridgehead atoms. The second-order valence-corrected chi connectivity index (χ2v) is 8.62. The van der Waals surface area contributed by atoms with Crippen LogP contribution in [0.3, 0.4) is 0 Å². The van der Waals surface area contributed by atoms with E-state index in [1.54, 1.807) is 18.2 Å². The van der Waals surface area contributed by atoms with Gasteiger partial charge in [0, 0.05) is 18.3 Å². The summed E-state index contributed by atoms with van der Waals surface area (Å²) in [4.78, 5) is 24.6. The molecule has 1 unspecified atom stereocenters. The number of hydrogen-bond acceptors (Lipinski definition) is 5. The van der Waals surface area contributed by atoms with Crippen molar-refractivity contribution >= 4 is 27.6 Å². The Hall–Kier alpha value is -2.85. The molecule has 0 saturated carbocycles. The Morgan fingerprint density at radius 2 is 1.80 bits per heavy atom. The maximum absolute atomic E-state index is 13.2. The number of sulfonamides is 1. The summed E-state index contributed by atoms with van der Waals surface area (Å²) < 4.78 is 58.1. The van der Waals surface area contributed by atoms with Gasteiger partial charge in [0.15, 0.2) is 18.2 Å². The van der Waals surface area contributed by atoms with Crippen molar-refractivity contribution in [1.29, 1.82) is 0 Å². The largest absolute Gasteiger partial charge is 0.454 e. The Bertz CT molecular complexity index is 1030. The third-order valence-corrected chi connectivity index (χ3v) is 6.55. The molecule has 0 aliphatic carbocycles. The number of nitrogens with zero attached hydrogens (tertiary/aromatic N) is 1. The van der Waals surface area contributed by atoms with Crippen LogP contribution in [0.5, 0.6) is 0 Å². The minimum atomic E-state index is -3.90. The summed E-state index contributed by atoms with van der Waals surface area (Å²) in [5.74, 6) is -3.79. The Labute approximate surface area is 172 Å². The van der Waals surface area contributed by atoms with E-state index in [0.717, 1.165) is 22.5 Å². The van der Waals surface area contributed by atoms with Crippen LogP contribution < -0.4 is 5.32 Å². The van der Waals surface area contributed by atoms with Crippen LogP contribution in [-0.2, 0) is 24.3 Å². The Kier molecular flexibility index (Phi) is 6.78. The Morgan fingerprint density at radius 1 is 1.07 bits per heavy atom. The van der Waals surface area contributed by atoms with Crippen molar-refractivity contribution in [2.45, 2.75) is 30.2 Å². The van der Waals surface area contributed by atoms with E-state index in [4.69, 9.17) is 4.74 Å². The van der Waals surface area contributed by atoms with Gasteiger partial charge in [-0.3, -0.25) is 9.59 Å². The highest BCUT2D eigenvalue weighted by molar-refractivity contribution is 7.89. The van der Waals surface area contributed by atoms with Crippen molar-refractivity contribution in [1.82, 2.24) is 4.31 Å². The SMILES string of the molecule is O=C(COC(=O)C1CCCCN1S(=O)(=O)c1ccccc1)Nc1ccc(F)c(F)c1. The van der Waals surface area contributed by atoms with Crippen molar-refractivity contribution in [3.05, 3.63) is 60.2 Å². The molecule has 10 heteroatoms. The number of carbonyl (C=O) groups is 2. The molecule has 2 aromatic carbocycles. The maximum Gasteiger partial charge on any atom is 0.324 e. The van der Waals surface area contributed by atoms with Crippen LogP contribution in [-0.4, -0.2) is 43.8 Å². The summed E-state index contributed by atoms with van der Waals surface area (Å²) in [7, 11) is -3.90. The number of esters is 1. The van der Waals surface area contributed by atoms with Crippen molar-refractivity contribution < 1.29 is 31.5 Å². The number of ether oxygens (including phenoxy) is 1. The van der Waals surface area contributed by atoms with Crippen LogP contribution in [0.4, 0.5) is 14.5 Å². The van der Waals surface area contributed by atoms with Crippen molar-refractivity contribution in [2.24, 2.45) is 0 Å². The second-order valence-electron chi connectivity index (χ2n) is 6.73. The molecule has 1 amide bonds. The lowest BCUT2D eigenvalue weighted by Gasteiger charge is -2.32. The smallest absolute Gasteiger partial charge is 0.324 e. The van der Waals surface area contributed by atoms with Crippen LogP contribution in [0, 0.1) is 11.6 Å². The molecule has 1 fully saturated rings. The van der Waals surface area contributed by atoms with Gasteiger partial charge in [0.25, 0.3) is 5.91 Å². The fraction of sp³-hybridized carbons (Fsp3) is 0.300. The quantitative estimate of drug-likeness (QED) is 0.700. The molecule has 1 aliphatic heterocycles. The lowest BCUT2D eigenvalue weighted by atomic mass is 10.1. The number of piperidine rings is 1. The summed E-state index contributed by atoms with van der Waals surface area (Å²) in [5, 5.41) is 2.28. The zero-order chi connectivity index (χ0) is 21.7.